The Kier molecular flexibility index (Phi) is 7.62. The van der Waals surface area contributed by atoms with Crippen LogP contribution < -0.4 is 10.0 Å². The second kappa shape index (κ2) is 10.5. The van der Waals surface area contributed by atoms with Gasteiger partial charge in [-0.15, -0.1) is 0 Å². The number of carbonyl (C=O) groups is 1. The van der Waals surface area contributed by atoms with Crippen LogP contribution in [0, 0.1) is 12.8 Å². The number of ketones is 1. The Labute approximate surface area is 211 Å². The topological polar surface area (TPSA) is 154 Å². The number of aryl methyl sites for hydroxylation is 1. The Hall–Kier alpha value is -2.71. The lowest BCUT2D eigenvalue weighted by molar-refractivity contribution is 0.0632. The normalized spacial score (nSPS) is 18.6. The first-order valence-corrected chi connectivity index (χ1v) is 13.1. The van der Waals surface area contributed by atoms with Crippen molar-refractivity contribution in [2.24, 2.45) is 11.1 Å². The van der Waals surface area contributed by atoms with Crippen molar-refractivity contribution < 1.29 is 22.5 Å². The lowest BCUT2D eigenvalue weighted by Crippen LogP contribution is -2.46. The number of aromatic nitrogens is 4. The van der Waals surface area contributed by atoms with Crippen LogP contribution in [-0.4, -0.2) is 64.9 Å². The van der Waals surface area contributed by atoms with Gasteiger partial charge in [0, 0.05) is 35.4 Å². The van der Waals surface area contributed by atoms with E-state index in [-0.39, 0.29) is 30.2 Å². The molecular weight excluding hydrogens is 540 g/mol. The number of carbonyl (C=O) groups excluding carboxylic acids is 1. The molecule has 13 heteroatoms. The van der Waals surface area contributed by atoms with Gasteiger partial charge in [-0.05, 0) is 37.1 Å². The summed E-state index contributed by atoms with van der Waals surface area (Å²) in [6.45, 7) is 2.76. The van der Waals surface area contributed by atoms with E-state index >= 15 is 0 Å². The zero-order valence-electron chi connectivity index (χ0n) is 18.9. The summed E-state index contributed by atoms with van der Waals surface area (Å²) in [5.74, 6) is -0.359. The third-order valence-corrected chi connectivity index (χ3v) is 6.80. The minimum absolute atomic E-state index is 0.145. The van der Waals surface area contributed by atoms with Crippen molar-refractivity contribution in [2.75, 3.05) is 24.6 Å². The summed E-state index contributed by atoms with van der Waals surface area (Å²) in [7, 11) is -4.09. The molecule has 186 valence electrons. The number of nitrogens with zero attached hydrogens (tertiary/aromatic N) is 5. The highest BCUT2D eigenvalue weighted by Gasteiger charge is 2.32. The smallest absolute Gasteiger partial charge is 0.333 e. The molecule has 1 saturated heterocycles. The number of aliphatic hydroxyl groups excluding tert-OH is 1. The molecule has 2 atom stereocenters. The SMILES string of the molecule is Cc1cc(C(=O)c2cncnc2N2CC[C@H](COS(N)(=O)=O)[C@@H](O)C2)nn1Cc1cccc(Br)c1. The van der Waals surface area contributed by atoms with Gasteiger partial charge in [-0.2, -0.15) is 13.5 Å². The molecule has 0 unspecified atom stereocenters. The quantitative estimate of drug-likeness (QED) is 0.386. The van der Waals surface area contributed by atoms with Crippen molar-refractivity contribution in [3.63, 3.8) is 0 Å². The molecule has 4 rings (SSSR count). The van der Waals surface area contributed by atoms with E-state index in [9.17, 15) is 18.3 Å². The molecule has 0 aliphatic carbocycles. The molecule has 1 fully saturated rings. The van der Waals surface area contributed by atoms with Crippen LogP contribution in [0.3, 0.4) is 0 Å². The Balaban J connectivity index is 1.51. The number of nitrogens with two attached hydrogens (primary N) is 1. The molecule has 2 aromatic heterocycles. The van der Waals surface area contributed by atoms with Crippen molar-refractivity contribution in [3.8, 4) is 0 Å². The molecule has 1 aliphatic rings. The molecule has 1 aromatic carbocycles. The van der Waals surface area contributed by atoms with Gasteiger partial charge in [-0.1, -0.05) is 28.1 Å². The predicted molar refractivity (Wildman–Crippen MR) is 131 cm³/mol. The Morgan fingerprint density at radius 2 is 2.14 bits per heavy atom. The maximum absolute atomic E-state index is 13.4. The second-order valence-corrected chi connectivity index (χ2v) is 10.5. The highest BCUT2D eigenvalue weighted by molar-refractivity contribution is 9.10. The maximum atomic E-state index is 13.4. The maximum Gasteiger partial charge on any atom is 0.333 e. The average molecular weight is 565 g/mol. The number of hydrogen-bond donors (Lipinski definition) is 2. The van der Waals surface area contributed by atoms with Gasteiger partial charge in [0.1, 0.15) is 17.8 Å². The molecule has 0 spiro atoms. The summed E-state index contributed by atoms with van der Waals surface area (Å²) in [6.07, 6.45) is 2.31. The molecule has 11 nitrogen and oxygen atoms in total. The van der Waals surface area contributed by atoms with Gasteiger partial charge in [-0.25, -0.2) is 15.1 Å². The molecule has 0 bridgehead atoms. The van der Waals surface area contributed by atoms with Crippen LogP contribution in [0.5, 0.6) is 0 Å². The summed E-state index contributed by atoms with van der Waals surface area (Å²) < 4.78 is 29.5. The van der Waals surface area contributed by atoms with Crippen LogP contribution in [-0.2, 0) is 21.0 Å². The summed E-state index contributed by atoms with van der Waals surface area (Å²) in [5.41, 5.74) is 2.41. The molecule has 0 saturated carbocycles. The van der Waals surface area contributed by atoms with Crippen molar-refractivity contribution in [2.45, 2.75) is 26.0 Å². The number of halogens is 1. The molecular formula is C22H25BrN6O5S. The van der Waals surface area contributed by atoms with E-state index in [1.807, 2.05) is 31.2 Å². The molecule has 3 heterocycles. The average Bonchev–Trinajstić information content (AvgIpc) is 3.17. The van der Waals surface area contributed by atoms with Crippen LogP contribution in [0.15, 0.2) is 47.3 Å². The molecule has 1 aliphatic heterocycles. The monoisotopic (exact) mass is 564 g/mol. The Morgan fingerprint density at radius 3 is 2.86 bits per heavy atom. The van der Waals surface area contributed by atoms with Crippen LogP contribution in [0.1, 0.15) is 33.7 Å². The molecule has 3 aromatic rings. The van der Waals surface area contributed by atoms with Gasteiger partial charge in [-0.3, -0.25) is 13.7 Å². The van der Waals surface area contributed by atoms with E-state index in [0.717, 1.165) is 15.7 Å². The van der Waals surface area contributed by atoms with Gasteiger partial charge in [0.15, 0.2) is 0 Å². The van der Waals surface area contributed by atoms with Gasteiger partial charge in [0.25, 0.3) is 0 Å². The van der Waals surface area contributed by atoms with E-state index in [1.54, 1.807) is 15.6 Å². The summed E-state index contributed by atoms with van der Waals surface area (Å²) in [4.78, 5) is 23.5. The van der Waals surface area contributed by atoms with Gasteiger partial charge < -0.3 is 10.0 Å². The summed E-state index contributed by atoms with van der Waals surface area (Å²) in [5, 5.41) is 19.9. The van der Waals surface area contributed by atoms with Crippen molar-refractivity contribution in [3.05, 3.63) is 69.8 Å². The number of aliphatic hydroxyl groups is 1. The highest BCUT2D eigenvalue weighted by atomic mass is 79.9. The number of β-amino-alcohol motifs (C(OH)–C–C–N with tert-alkyl or cyclic N) is 1. The minimum Gasteiger partial charge on any atom is -0.391 e. The van der Waals surface area contributed by atoms with Crippen molar-refractivity contribution >= 4 is 37.8 Å². The van der Waals surface area contributed by atoms with E-state index in [1.165, 1.54) is 12.5 Å². The summed E-state index contributed by atoms with van der Waals surface area (Å²) in [6, 6.07) is 9.59. The fraction of sp³-hybridized carbons (Fsp3) is 0.364. The van der Waals surface area contributed by atoms with Crippen LogP contribution in [0.25, 0.3) is 0 Å². The van der Waals surface area contributed by atoms with E-state index < -0.39 is 22.3 Å². The fourth-order valence-electron chi connectivity index (χ4n) is 4.01. The van der Waals surface area contributed by atoms with Crippen molar-refractivity contribution in [1.82, 2.24) is 19.7 Å². The number of anilines is 1. The van der Waals surface area contributed by atoms with E-state index in [0.29, 0.717) is 25.3 Å². The first-order chi connectivity index (χ1) is 16.6. The first kappa shape index (κ1) is 25.4. The minimum atomic E-state index is -4.09. The number of piperidine rings is 1. The number of benzene rings is 1. The lowest BCUT2D eigenvalue weighted by atomic mass is 9.94. The Morgan fingerprint density at radius 1 is 1.34 bits per heavy atom. The predicted octanol–water partition coefficient (Wildman–Crippen LogP) is 1.43. The summed E-state index contributed by atoms with van der Waals surface area (Å²) >= 11 is 3.46. The Bertz CT molecular complexity index is 1330. The standard InChI is InChI=1S/C22H25BrN6O5S/c1-14-7-19(27-29(14)10-15-3-2-4-17(23)8-15)21(31)18-9-25-13-26-22(18)28-6-5-16(20(30)11-28)12-34-35(24,32)33/h2-4,7-9,13,16,20,30H,5-6,10-12H2,1H3,(H2,24,32,33)/t16-,20+/m1/s1. The molecule has 0 radical (unpaired) electrons. The zero-order chi connectivity index (χ0) is 25.2. The van der Waals surface area contributed by atoms with Crippen LogP contribution in [0.4, 0.5) is 5.82 Å². The molecule has 3 N–H and O–H groups in total. The van der Waals surface area contributed by atoms with Crippen LogP contribution >= 0.6 is 15.9 Å². The zero-order valence-corrected chi connectivity index (χ0v) is 21.3. The highest BCUT2D eigenvalue weighted by Crippen LogP contribution is 2.26. The molecule has 0 amide bonds. The van der Waals surface area contributed by atoms with E-state index in [4.69, 9.17) is 5.14 Å². The van der Waals surface area contributed by atoms with E-state index in [2.05, 4.69) is 35.2 Å². The third kappa shape index (κ3) is 6.30. The van der Waals surface area contributed by atoms with Crippen molar-refractivity contribution in [1.29, 1.82) is 0 Å². The van der Waals surface area contributed by atoms with Gasteiger partial charge in [0.05, 0.1) is 24.8 Å². The van der Waals surface area contributed by atoms with Crippen LogP contribution in [0.2, 0.25) is 0 Å². The largest absolute Gasteiger partial charge is 0.391 e. The number of hydrogen-bond acceptors (Lipinski definition) is 9. The lowest BCUT2D eigenvalue weighted by Gasteiger charge is -2.36. The third-order valence-electron chi connectivity index (χ3n) is 5.84. The first-order valence-electron chi connectivity index (χ1n) is 10.8. The van der Waals surface area contributed by atoms with Gasteiger partial charge in [0.2, 0.25) is 5.78 Å². The van der Waals surface area contributed by atoms with Gasteiger partial charge >= 0.3 is 10.3 Å². The number of rotatable bonds is 8. The fourth-order valence-corrected chi connectivity index (χ4v) is 4.82. The molecule has 35 heavy (non-hydrogen) atoms. The second-order valence-electron chi connectivity index (χ2n) is 8.39.